The van der Waals surface area contributed by atoms with Crippen LogP contribution in [-0.2, 0) is 11.2 Å². The van der Waals surface area contributed by atoms with Crippen LogP contribution in [0.15, 0.2) is 54.0 Å². The van der Waals surface area contributed by atoms with Crippen molar-refractivity contribution in [2.45, 2.75) is 12.8 Å². The molecule has 1 aliphatic rings. The molecule has 0 saturated carbocycles. The summed E-state index contributed by atoms with van der Waals surface area (Å²) in [5, 5.41) is 2.95. The van der Waals surface area contributed by atoms with Crippen molar-refractivity contribution in [3.63, 3.8) is 0 Å². The van der Waals surface area contributed by atoms with Gasteiger partial charge in [0.15, 0.2) is 0 Å². The number of pyridine rings is 1. The Kier molecular flexibility index (Phi) is 5.62. The standard InChI is InChI=1S/C21H21FN4OS/c22-16-4-6-17(7-5-16)25-11-13-26(14-12-25)21(27)9-8-20-24-19(15-28-20)18-3-1-2-10-23-18/h1-7,10,15H,8-9,11-14H2. The van der Waals surface area contributed by atoms with Crippen LogP contribution < -0.4 is 4.90 Å². The van der Waals surface area contributed by atoms with Crippen LogP contribution in [-0.4, -0.2) is 47.0 Å². The SMILES string of the molecule is O=C(CCc1nc(-c2ccccn2)cs1)N1CCN(c2ccc(F)cc2)CC1. The molecule has 7 heteroatoms. The molecule has 0 atom stereocenters. The smallest absolute Gasteiger partial charge is 0.223 e. The predicted octanol–water partition coefficient (Wildman–Crippen LogP) is 3.63. The molecule has 3 aromatic rings. The summed E-state index contributed by atoms with van der Waals surface area (Å²) in [6.45, 7) is 2.90. The molecule has 0 spiro atoms. The second-order valence-corrected chi connectivity index (χ2v) is 7.63. The van der Waals surface area contributed by atoms with E-state index in [-0.39, 0.29) is 11.7 Å². The van der Waals surface area contributed by atoms with Gasteiger partial charge in [-0.25, -0.2) is 9.37 Å². The fraction of sp³-hybridized carbons (Fsp3) is 0.286. The van der Waals surface area contributed by atoms with Gasteiger partial charge >= 0.3 is 0 Å². The van der Waals surface area contributed by atoms with Gasteiger partial charge in [0.1, 0.15) is 5.82 Å². The maximum Gasteiger partial charge on any atom is 0.223 e. The van der Waals surface area contributed by atoms with E-state index in [1.807, 2.05) is 28.5 Å². The van der Waals surface area contributed by atoms with Gasteiger partial charge in [0, 0.05) is 56.3 Å². The van der Waals surface area contributed by atoms with E-state index < -0.39 is 0 Å². The van der Waals surface area contributed by atoms with E-state index in [4.69, 9.17) is 0 Å². The molecule has 2 aromatic heterocycles. The third-order valence-corrected chi connectivity index (χ3v) is 5.76. The van der Waals surface area contributed by atoms with Crippen LogP contribution in [0.4, 0.5) is 10.1 Å². The number of piperazine rings is 1. The zero-order valence-electron chi connectivity index (χ0n) is 15.4. The average Bonchev–Trinajstić information content (AvgIpc) is 3.22. The van der Waals surface area contributed by atoms with Gasteiger partial charge in [-0.1, -0.05) is 6.07 Å². The Bertz CT molecular complexity index is 921. The van der Waals surface area contributed by atoms with E-state index in [0.29, 0.717) is 25.9 Å². The van der Waals surface area contributed by atoms with Crippen LogP contribution in [0, 0.1) is 5.82 Å². The Morgan fingerprint density at radius 1 is 1.04 bits per heavy atom. The molecule has 28 heavy (non-hydrogen) atoms. The van der Waals surface area contributed by atoms with Gasteiger partial charge in [-0.15, -0.1) is 11.3 Å². The number of benzene rings is 1. The lowest BCUT2D eigenvalue weighted by molar-refractivity contribution is -0.131. The van der Waals surface area contributed by atoms with Gasteiger partial charge in [0.2, 0.25) is 5.91 Å². The van der Waals surface area contributed by atoms with Gasteiger partial charge < -0.3 is 9.80 Å². The zero-order valence-corrected chi connectivity index (χ0v) is 16.2. The number of halogens is 1. The summed E-state index contributed by atoms with van der Waals surface area (Å²) in [6.07, 6.45) is 2.86. The number of aryl methyl sites for hydroxylation is 1. The molecular weight excluding hydrogens is 375 g/mol. The molecule has 0 unspecified atom stereocenters. The molecule has 3 heterocycles. The van der Waals surface area contributed by atoms with E-state index in [1.54, 1.807) is 29.7 Å². The highest BCUT2D eigenvalue weighted by Crippen LogP contribution is 2.21. The Balaban J connectivity index is 1.27. The molecule has 0 N–H and O–H groups in total. The van der Waals surface area contributed by atoms with Crippen molar-refractivity contribution >= 4 is 22.9 Å². The predicted molar refractivity (Wildman–Crippen MR) is 109 cm³/mol. The summed E-state index contributed by atoms with van der Waals surface area (Å²) < 4.78 is 13.1. The molecule has 1 fully saturated rings. The van der Waals surface area contributed by atoms with Crippen molar-refractivity contribution in [3.05, 3.63) is 64.9 Å². The Labute approximate surface area is 167 Å². The molecule has 1 saturated heterocycles. The molecule has 1 aromatic carbocycles. The number of hydrogen-bond acceptors (Lipinski definition) is 5. The Hall–Kier alpha value is -2.80. The van der Waals surface area contributed by atoms with Crippen LogP contribution in [0.5, 0.6) is 0 Å². The second kappa shape index (κ2) is 8.48. The molecule has 0 aliphatic carbocycles. The van der Waals surface area contributed by atoms with Crippen LogP contribution in [0.1, 0.15) is 11.4 Å². The van der Waals surface area contributed by atoms with Gasteiger partial charge in [0.25, 0.3) is 0 Å². The minimum atomic E-state index is -0.231. The lowest BCUT2D eigenvalue weighted by Crippen LogP contribution is -2.48. The summed E-state index contributed by atoms with van der Waals surface area (Å²) in [5.74, 6) is -0.0701. The van der Waals surface area contributed by atoms with Crippen molar-refractivity contribution in [2.24, 2.45) is 0 Å². The third kappa shape index (κ3) is 4.36. The summed E-state index contributed by atoms with van der Waals surface area (Å²) in [4.78, 5) is 25.6. The van der Waals surface area contributed by atoms with Gasteiger partial charge in [0.05, 0.1) is 16.4 Å². The number of aromatic nitrogens is 2. The fourth-order valence-corrected chi connectivity index (χ4v) is 4.09. The molecule has 1 aliphatic heterocycles. The Morgan fingerprint density at radius 2 is 1.82 bits per heavy atom. The maximum atomic E-state index is 13.1. The van der Waals surface area contributed by atoms with Crippen molar-refractivity contribution < 1.29 is 9.18 Å². The summed E-state index contributed by atoms with van der Waals surface area (Å²) in [7, 11) is 0. The van der Waals surface area contributed by atoms with Crippen molar-refractivity contribution in [1.29, 1.82) is 0 Å². The first-order valence-electron chi connectivity index (χ1n) is 9.33. The minimum Gasteiger partial charge on any atom is -0.368 e. The molecule has 0 bridgehead atoms. The average molecular weight is 396 g/mol. The van der Waals surface area contributed by atoms with Crippen LogP contribution >= 0.6 is 11.3 Å². The van der Waals surface area contributed by atoms with E-state index in [9.17, 15) is 9.18 Å². The summed E-state index contributed by atoms with van der Waals surface area (Å²) in [6, 6.07) is 12.3. The number of rotatable bonds is 5. The monoisotopic (exact) mass is 396 g/mol. The first-order chi connectivity index (χ1) is 13.7. The van der Waals surface area contributed by atoms with Gasteiger partial charge in [-0.2, -0.15) is 0 Å². The zero-order chi connectivity index (χ0) is 19.3. The van der Waals surface area contributed by atoms with Crippen molar-refractivity contribution in [3.8, 4) is 11.4 Å². The molecule has 5 nitrogen and oxygen atoms in total. The molecule has 4 rings (SSSR count). The van der Waals surface area contributed by atoms with Crippen LogP contribution in [0.3, 0.4) is 0 Å². The van der Waals surface area contributed by atoms with Gasteiger partial charge in [-0.05, 0) is 36.4 Å². The van der Waals surface area contributed by atoms with Crippen LogP contribution in [0.25, 0.3) is 11.4 Å². The number of amides is 1. The van der Waals surface area contributed by atoms with E-state index in [0.717, 1.165) is 35.2 Å². The highest BCUT2D eigenvalue weighted by molar-refractivity contribution is 7.09. The lowest BCUT2D eigenvalue weighted by Gasteiger charge is -2.36. The number of hydrogen-bond donors (Lipinski definition) is 0. The highest BCUT2D eigenvalue weighted by Gasteiger charge is 2.21. The number of thiazole rings is 1. The summed E-state index contributed by atoms with van der Waals surface area (Å²) in [5.41, 5.74) is 2.72. The number of carbonyl (C=O) groups is 1. The van der Waals surface area contributed by atoms with Crippen LogP contribution in [0.2, 0.25) is 0 Å². The van der Waals surface area contributed by atoms with E-state index in [1.165, 1.54) is 12.1 Å². The second-order valence-electron chi connectivity index (χ2n) is 6.69. The number of carbonyl (C=O) groups excluding carboxylic acids is 1. The molecular formula is C21H21FN4OS. The molecule has 1 amide bonds. The number of anilines is 1. The summed E-state index contributed by atoms with van der Waals surface area (Å²) >= 11 is 1.57. The minimum absolute atomic E-state index is 0.161. The molecule has 0 radical (unpaired) electrons. The first kappa shape index (κ1) is 18.6. The van der Waals surface area contributed by atoms with E-state index in [2.05, 4.69) is 14.9 Å². The van der Waals surface area contributed by atoms with Crippen molar-refractivity contribution in [1.82, 2.24) is 14.9 Å². The quantitative estimate of drug-likeness (QED) is 0.661. The lowest BCUT2D eigenvalue weighted by atomic mass is 10.2. The topological polar surface area (TPSA) is 49.3 Å². The van der Waals surface area contributed by atoms with Gasteiger partial charge in [-0.3, -0.25) is 9.78 Å². The Morgan fingerprint density at radius 3 is 2.54 bits per heavy atom. The van der Waals surface area contributed by atoms with Crippen molar-refractivity contribution in [2.75, 3.05) is 31.1 Å². The fourth-order valence-electron chi connectivity index (χ4n) is 3.30. The third-order valence-electron chi connectivity index (χ3n) is 4.86. The maximum absolute atomic E-state index is 13.1. The molecule has 144 valence electrons. The largest absolute Gasteiger partial charge is 0.368 e. The highest BCUT2D eigenvalue weighted by atomic mass is 32.1. The normalized spacial score (nSPS) is 14.3. The number of nitrogens with zero attached hydrogens (tertiary/aromatic N) is 4. The van der Waals surface area contributed by atoms with E-state index >= 15 is 0 Å². The first-order valence-corrected chi connectivity index (χ1v) is 10.2.